The van der Waals surface area contributed by atoms with E-state index in [9.17, 15) is 9.59 Å². The average Bonchev–Trinajstić information content (AvgIpc) is 3.01. The molecule has 1 atom stereocenters. The number of anilines is 2. The first-order valence-electron chi connectivity index (χ1n) is 11.2. The lowest BCUT2D eigenvalue weighted by Crippen LogP contribution is -2.30. The van der Waals surface area contributed by atoms with Crippen molar-refractivity contribution >= 4 is 23.2 Å². The van der Waals surface area contributed by atoms with Gasteiger partial charge in [-0.2, -0.15) is 0 Å². The Labute approximate surface area is 188 Å². The van der Waals surface area contributed by atoms with E-state index in [0.717, 1.165) is 42.6 Å². The number of allylic oxidation sites excluding steroid dienone is 2. The predicted molar refractivity (Wildman–Crippen MR) is 128 cm³/mol. The molecule has 32 heavy (non-hydrogen) atoms. The summed E-state index contributed by atoms with van der Waals surface area (Å²) in [5.74, 6) is 0.0332. The van der Waals surface area contributed by atoms with E-state index in [1.165, 1.54) is 11.1 Å². The molecule has 0 fully saturated rings. The van der Waals surface area contributed by atoms with Crippen molar-refractivity contribution in [1.29, 1.82) is 0 Å². The van der Waals surface area contributed by atoms with E-state index in [2.05, 4.69) is 41.7 Å². The maximum Gasteiger partial charge on any atom is 0.258 e. The number of para-hydroxylation sites is 1. The van der Waals surface area contributed by atoms with Crippen LogP contribution in [0.1, 0.15) is 46.3 Å². The van der Waals surface area contributed by atoms with Crippen molar-refractivity contribution in [1.82, 2.24) is 0 Å². The lowest BCUT2D eigenvalue weighted by molar-refractivity contribution is -0.120. The van der Waals surface area contributed by atoms with E-state index in [1.807, 2.05) is 41.3 Å². The van der Waals surface area contributed by atoms with Gasteiger partial charge in [0, 0.05) is 22.9 Å². The topological polar surface area (TPSA) is 49.4 Å². The number of benzene rings is 3. The molecule has 3 aromatic carbocycles. The van der Waals surface area contributed by atoms with Gasteiger partial charge in [-0.05, 0) is 72.7 Å². The Morgan fingerprint density at radius 3 is 2.28 bits per heavy atom. The molecule has 160 valence electrons. The fraction of sp³-hybridized carbons (Fsp3) is 0.214. The first kappa shape index (κ1) is 20.3. The molecule has 0 bridgehead atoms. The summed E-state index contributed by atoms with van der Waals surface area (Å²) in [4.78, 5) is 27.9. The molecule has 1 unspecified atom stereocenters. The van der Waals surface area contributed by atoms with Gasteiger partial charge in [-0.1, -0.05) is 54.6 Å². The van der Waals surface area contributed by atoms with E-state index < -0.39 is 0 Å². The highest BCUT2D eigenvalue weighted by molar-refractivity contribution is 6.07. The second-order valence-corrected chi connectivity index (χ2v) is 8.51. The van der Waals surface area contributed by atoms with Gasteiger partial charge in [-0.25, -0.2) is 0 Å². The van der Waals surface area contributed by atoms with Crippen LogP contribution in [0.2, 0.25) is 0 Å². The minimum absolute atomic E-state index is 0.0231. The highest BCUT2D eigenvalue weighted by Gasteiger charge is 2.25. The van der Waals surface area contributed by atoms with Gasteiger partial charge in [0.05, 0.1) is 6.54 Å². The second-order valence-electron chi connectivity index (χ2n) is 8.51. The number of fused-ring (bicyclic) bond motifs is 2. The second kappa shape index (κ2) is 8.83. The van der Waals surface area contributed by atoms with E-state index in [-0.39, 0.29) is 17.7 Å². The molecule has 3 aromatic rings. The average molecular weight is 423 g/mol. The Morgan fingerprint density at radius 2 is 1.53 bits per heavy atom. The van der Waals surface area contributed by atoms with Gasteiger partial charge in [-0.15, -0.1) is 0 Å². The lowest BCUT2D eigenvalue weighted by atomic mass is 9.93. The van der Waals surface area contributed by atoms with Crippen molar-refractivity contribution in [3.8, 4) is 0 Å². The molecule has 1 N–H and O–H groups in total. The molecule has 1 aliphatic heterocycles. The van der Waals surface area contributed by atoms with Crippen LogP contribution in [0.15, 0.2) is 84.9 Å². The molecule has 0 radical (unpaired) electrons. The predicted octanol–water partition coefficient (Wildman–Crippen LogP) is 5.73. The van der Waals surface area contributed by atoms with Crippen LogP contribution in [-0.4, -0.2) is 11.8 Å². The summed E-state index contributed by atoms with van der Waals surface area (Å²) in [6.07, 6.45) is 7.65. The molecule has 0 saturated heterocycles. The first-order valence-corrected chi connectivity index (χ1v) is 11.2. The molecule has 2 amide bonds. The molecule has 5 rings (SSSR count). The zero-order chi connectivity index (χ0) is 21.9. The zero-order valence-electron chi connectivity index (χ0n) is 18.0. The highest BCUT2D eigenvalue weighted by Crippen LogP contribution is 2.32. The summed E-state index contributed by atoms with van der Waals surface area (Å²) in [5.41, 5.74) is 5.86. The molecule has 4 heteroatoms. The number of hydrogen-bond donors (Lipinski definition) is 1. The third-order valence-electron chi connectivity index (χ3n) is 6.39. The molecular formula is C28H26N2O2. The lowest BCUT2D eigenvalue weighted by Gasteiger charge is -2.23. The molecule has 4 nitrogen and oxygen atoms in total. The number of carbonyl (C=O) groups is 2. The summed E-state index contributed by atoms with van der Waals surface area (Å²) in [6.45, 7) is 0.541. The van der Waals surface area contributed by atoms with Crippen LogP contribution >= 0.6 is 0 Å². The van der Waals surface area contributed by atoms with Gasteiger partial charge in [-0.3, -0.25) is 9.59 Å². The smallest absolute Gasteiger partial charge is 0.258 e. The van der Waals surface area contributed by atoms with Gasteiger partial charge < -0.3 is 10.2 Å². The SMILES string of the molecule is O=C(Nc1ccc(C(=O)N2Cc3ccccc3Cc3ccccc32)cc1)C1CC=CCC1. The quantitative estimate of drug-likeness (QED) is 0.548. The maximum absolute atomic E-state index is 13.5. The van der Waals surface area contributed by atoms with Crippen molar-refractivity contribution in [2.45, 2.75) is 32.2 Å². The Morgan fingerprint density at radius 1 is 0.812 bits per heavy atom. The zero-order valence-corrected chi connectivity index (χ0v) is 18.0. The van der Waals surface area contributed by atoms with Gasteiger partial charge in [0.2, 0.25) is 5.91 Å². The summed E-state index contributed by atoms with van der Waals surface area (Å²) >= 11 is 0. The number of nitrogens with zero attached hydrogens (tertiary/aromatic N) is 1. The normalized spacial score (nSPS) is 17.1. The van der Waals surface area contributed by atoms with Crippen molar-refractivity contribution < 1.29 is 9.59 Å². The standard InChI is InChI=1S/C28H26N2O2/c31-27(20-8-2-1-3-9-20)29-25-16-14-21(15-17-25)28(32)30-19-24-12-5-4-10-22(24)18-23-11-6-7-13-26(23)30/h1-2,4-7,10-17,20H,3,8-9,18-19H2,(H,29,31). The van der Waals surface area contributed by atoms with E-state index in [1.54, 1.807) is 12.1 Å². The summed E-state index contributed by atoms with van der Waals surface area (Å²) in [5, 5.41) is 3.00. The first-order chi connectivity index (χ1) is 15.7. The number of carbonyl (C=O) groups excluding carboxylic acids is 2. The van der Waals surface area contributed by atoms with Crippen LogP contribution in [0.25, 0.3) is 0 Å². The van der Waals surface area contributed by atoms with E-state index >= 15 is 0 Å². The monoisotopic (exact) mass is 422 g/mol. The molecule has 0 saturated carbocycles. The maximum atomic E-state index is 13.5. The minimum Gasteiger partial charge on any atom is -0.326 e. The molecule has 2 aliphatic rings. The van der Waals surface area contributed by atoms with Gasteiger partial charge in [0.25, 0.3) is 5.91 Å². The molecule has 0 aromatic heterocycles. The Hall–Kier alpha value is -3.66. The van der Waals surface area contributed by atoms with E-state index in [4.69, 9.17) is 0 Å². The van der Waals surface area contributed by atoms with Gasteiger partial charge in [0.1, 0.15) is 0 Å². The number of nitrogens with one attached hydrogen (secondary N) is 1. The fourth-order valence-corrected chi connectivity index (χ4v) is 4.58. The summed E-state index contributed by atoms with van der Waals surface area (Å²) in [7, 11) is 0. The van der Waals surface area contributed by atoms with Gasteiger partial charge >= 0.3 is 0 Å². The Bertz CT molecular complexity index is 1180. The molecular weight excluding hydrogens is 396 g/mol. The van der Waals surface area contributed by atoms with E-state index in [0.29, 0.717) is 12.1 Å². The molecule has 0 spiro atoms. The van der Waals surface area contributed by atoms with Crippen molar-refractivity contribution in [3.63, 3.8) is 0 Å². The number of hydrogen-bond acceptors (Lipinski definition) is 2. The number of amides is 2. The van der Waals surface area contributed by atoms with Crippen LogP contribution < -0.4 is 10.2 Å². The van der Waals surface area contributed by atoms with Crippen molar-refractivity contribution in [2.75, 3.05) is 10.2 Å². The summed E-state index contributed by atoms with van der Waals surface area (Å²) < 4.78 is 0. The van der Waals surface area contributed by atoms with Crippen LogP contribution in [0.3, 0.4) is 0 Å². The summed E-state index contributed by atoms with van der Waals surface area (Å²) in [6, 6.07) is 23.7. The largest absolute Gasteiger partial charge is 0.326 e. The van der Waals surface area contributed by atoms with Crippen LogP contribution in [0, 0.1) is 5.92 Å². The Balaban J connectivity index is 1.37. The van der Waals surface area contributed by atoms with Crippen LogP contribution in [0.5, 0.6) is 0 Å². The minimum atomic E-state index is -0.0375. The third-order valence-corrected chi connectivity index (χ3v) is 6.39. The third kappa shape index (κ3) is 4.09. The number of rotatable bonds is 3. The molecule has 1 aliphatic carbocycles. The highest BCUT2D eigenvalue weighted by atomic mass is 16.2. The fourth-order valence-electron chi connectivity index (χ4n) is 4.58. The molecule has 1 heterocycles. The van der Waals surface area contributed by atoms with Crippen molar-refractivity contribution in [2.24, 2.45) is 5.92 Å². The van der Waals surface area contributed by atoms with Crippen LogP contribution in [-0.2, 0) is 17.8 Å². The van der Waals surface area contributed by atoms with Crippen LogP contribution in [0.4, 0.5) is 11.4 Å². The van der Waals surface area contributed by atoms with Crippen molar-refractivity contribution in [3.05, 3.63) is 107 Å². The van der Waals surface area contributed by atoms with Gasteiger partial charge in [0.15, 0.2) is 0 Å². The Kier molecular flexibility index (Phi) is 5.59.